The number of hydrogen-bond donors (Lipinski definition) is 2. The summed E-state index contributed by atoms with van der Waals surface area (Å²) in [5.41, 5.74) is -1.21. The van der Waals surface area contributed by atoms with Gasteiger partial charge in [-0.25, -0.2) is 18.0 Å². The normalized spacial score (nSPS) is 10.2. The number of carboxylic acid groups (broad SMARTS) is 1. The molecule has 0 spiro atoms. The number of carboxylic acids is 1. The van der Waals surface area contributed by atoms with E-state index >= 15 is 0 Å². The molecule has 2 aromatic rings. The predicted octanol–water partition coefficient (Wildman–Crippen LogP) is 2.45. The van der Waals surface area contributed by atoms with Crippen molar-refractivity contribution in [2.24, 2.45) is 0 Å². The largest absolute Gasteiger partial charge is 0.478 e. The summed E-state index contributed by atoms with van der Waals surface area (Å²) in [6.07, 6.45) is 0.925. The Kier molecular flexibility index (Phi) is 3.88. The summed E-state index contributed by atoms with van der Waals surface area (Å²) in [5.74, 6) is -5.86. The third-order valence-corrected chi connectivity index (χ3v) is 2.49. The zero-order valence-corrected chi connectivity index (χ0v) is 10.2. The van der Waals surface area contributed by atoms with Gasteiger partial charge in [0.15, 0.2) is 11.6 Å². The lowest BCUT2D eigenvalue weighted by molar-refractivity contribution is 0.0696. The second kappa shape index (κ2) is 5.61. The van der Waals surface area contributed by atoms with E-state index in [1.807, 2.05) is 5.32 Å². The van der Waals surface area contributed by atoms with Crippen molar-refractivity contribution in [2.45, 2.75) is 0 Å². The number of rotatable bonds is 3. The molecule has 2 N–H and O–H groups in total. The number of aromatic carboxylic acids is 1. The SMILES string of the molecule is O=C(O)c1ccc(C(=O)Nc2c(F)cc(F)cc2F)nc1. The lowest BCUT2D eigenvalue weighted by atomic mass is 10.2. The van der Waals surface area contributed by atoms with Crippen molar-refractivity contribution in [3.05, 3.63) is 59.2 Å². The van der Waals surface area contributed by atoms with Gasteiger partial charge in [0, 0.05) is 18.3 Å². The van der Waals surface area contributed by atoms with E-state index < -0.39 is 35.0 Å². The number of pyridine rings is 1. The fraction of sp³-hybridized carbons (Fsp3) is 0. The first-order valence-electron chi connectivity index (χ1n) is 5.53. The van der Waals surface area contributed by atoms with Crippen molar-refractivity contribution in [3.8, 4) is 0 Å². The molecule has 0 aliphatic carbocycles. The second-order valence-corrected chi connectivity index (χ2v) is 3.94. The highest BCUT2D eigenvalue weighted by molar-refractivity contribution is 6.03. The van der Waals surface area contributed by atoms with Crippen molar-refractivity contribution in [2.75, 3.05) is 5.32 Å². The summed E-state index contributed by atoms with van der Waals surface area (Å²) < 4.78 is 39.5. The van der Waals surface area contributed by atoms with E-state index in [2.05, 4.69) is 4.98 Å². The lowest BCUT2D eigenvalue weighted by Crippen LogP contribution is -2.16. The van der Waals surface area contributed by atoms with Crippen LogP contribution < -0.4 is 5.32 Å². The average Bonchev–Trinajstić information content (AvgIpc) is 2.42. The fourth-order valence-corrected chi connectivity index (χ4v) is 1.49. The number of halogens is 3. The van der Waals surface area contributed by atoms with Gasteiger partial charge in [-0.05, 0) is 12.1 Å². The van der Waals surface area contributed by atoms with Crippen LogP contribution in [0.15, 0.2) is 30.5 Å². The number of anilines is 1. The summed E-state index contributed by atoms with van der Waals surface area (Å²) in [6.45, 7) is 0. The number of carbonyl (C=O) groups excluding carboxylic acids is 1. The van der Waals surface area contributed by atoms with Gasteiger partial charge in [-0.3, -0.25) is 9.78 Å². The van der Waals surface area contributed by atoms with Gasteiger partial charge in [-0.1, -0.05) is 0 Å². The number of aromatic nitrogens is 1. The quantitative estimate of drug-likeness (QED) is 0.911. The van der Waals surface area contributed by atoms with Crippen LogP contribution in [0.1, 0.15) is 20.8 Å². The van der Waals surface area contributed by atoms with E-state index in [4.69, 9.17) is 5.11 Å². The number of amides is 1. The summed E-state index contributed by atoms with van der Waals surface area (Å²) in [4.78, 5) is 25.9. The van der Waals surface area contributed by atoms with E-state index in [1.165, 1.54) is 0 Å². The van der Waals surface area contributed by atoms with Crippen molar-refractivity contribution in [1.82, 2.24) is 4.98 Å². The molecule has 0 aliphatic heterocycles. The molecular weight excluding hydrogens is 289 g/mol. The number of hydrogen-bond acceptors (Lipinski definition) is 3. The van der Waals surface area contributed by atoms with Crippen molar-refractivity contribution in [1.29, 1.82) is 0 Å². The first kappa shape index (κ1) is 14.5. The summed E-state index contributed by atoms with van der Waals surface area (Å²) >= 11 is 0. The third-order valence-electron chi connectivity index (χ3n) is 2.49. The van der Waals surface area contributed by atoms with Gasteiger partial charge in [0.05, 0.1) is 5.56 Å². The van der Waals surface area contributed by atoms with Crippen molar-refractivity contribution in [3.63, 3.8) is 0 Å². The van der Waals surface area contributed by atoms with Gasteiger partial charge < -0.3 is 10.4 Å². The molecule has 5 nitrogen and oxygen atoms in total. The summed E-state index contributed by atoms with van der Waals surface area (Å²) in [5, 5.41) is 10.6. The van der Waals surface area contributed by atoms with E-state index in [1.54, 1.807) is 0 Å². The highest BCUT2D eigenvalue weighted by Gasteiger charge is 2.16. The summed E-state index contributed by atoms with van der Waals surface area (Å²) in [6, 6.07) is 3.03. The van der Waals surface area contributed by atoms with Crippen LogP contribution in [0, 0.1) is 17.5 Å². The molecule has 1 aromatic carbocycles. The van der Waals surface area contributed by atoms with Crippen LogP contribution >= 0.6 is 0 Å². The molecule has 8 heteroatoms. The van der Waals surface area contributed by atoms with E-state index in [-0.39, 0.29) is 11.3 Å². The van der Waals surface area contributed by atoms with E-state index in [0.717, 1.165) is 18.3 Å². The number of nitrogens with zero attached hydrogens (tertiary/aromatic N) is 1. The highest BCUT2D eigenvalue weighted by Crippen LogP contribution is 2.20. The molecule has 2 rings (SSSR count). The smallest absolute Gasteiger partial charge is 0.337 e. The van der Waals surface area contributed by atoms with Crippen molar-refractivity contribution >= 4 is 17.6 Å². The Morgan fingerprint density at radius 3 is 2.19 bits per heavy atom. The molecule has 0 saturated heterocycles. The van der Waals surface area contributed by atoms with Crippen LogP contribution in [0.5, 0.6) is 0 Å². The minimum absolute atomic E-state index is 0.148. The molecule has 0 fully saturated rings. The lowest BCUT2D eigenvalue weighted by Gasteiger charge is -2.07. The zero-order valence-electron chi connectivity index (χ0n) is 10.2. The molecule has 21 heavy (non-hydrogen) atoms. The molecule has 1 amide bonds. The van der Waals surface area contributed by atoms with Gasteiger partial charge in [0.2, 0.25) is 0 Å². The Hall–Kier alpha value is -2.90. The van der Waals surface area contributed by atoms with Crippen LogP contribution in [0.25, 0.3) is 0 Å². The van der Waals surface area contributed by atoms with Crippen molar-refractivity contribution < 1.29 is 27.9 Å². The number of nitrogens with one attached hydrogen (secondary N) is 1. The van der Waals surface area contributed by atoms with Crippen LogP contribution in [-0.4, -0.2) is 22.0 Å². The summed E-state index contributed by atoms with van der Waals surface area (Å²) in [7, 11) is 0. The Bertz CT molecular complexity index is 694. The molecule has 0 aliphatic rings. The first-order valence-corrected chi connectivity index (χ1v) is 5.53. The molecule has 0 saturated carbocycles. The Morgan fingerprint density at radius 2 is 1.71 bits per heavy atom. The van der Waals surface area contributed by atoms with Crippen LogP contribution in [-0.2, 0) is 0 Å². The molecule has 1 aromatic heterocycles. The molecule has 0 atom stereocenters. The Balaban J connectivity index is 2.24. The van der Waals surface area contributed by atoms with Gasteiger partial charge in [-0.15, -0.1) is 0 Å². The van der Waals surface area contributed by atoms with E-state index in [0.29, 0.717) is 12.1 Å². The maximum Gasteiger partial charge on any atom is 0.337 e. The van der Waals surface area contributed by atoms with Crippen LogP contribution in [0.4, 0.5) is 18.9 Å². The molecule has 0 unspecified atom stereocenters. The Morgan fingerprint density at radius 1 is 1.10 bits per heavy atom. The van der Waals surface area contributed by atoms with Gasteiger partial charge in [0.1, 0.15) is 17.2 Å². The monoisotopic (exact) mass is 296 g/mol. The van der Waals surface area contributed by atoms with Crippen LogP contribution in [0.3, 0.4) is 0 Å². The highest BCUT2D eigenvalue weighted by atomic mass is 19.1. The zero-order chi connectivity index (χ0) is 15.6. The van der Waals surface area contributed by atoms with Crippen LogP contribution in [0.2, 0.25) is 0 Å². The molecular formula is C13H7F3N2O3. The molecule has 1 heterocycles. The number of benzene rings is 1. The first-order chi connectivity index (χ1) is 9.88. The average molecular weight is 296 g/mol. The predicted molar refractivity (Wildman–Crippen MR) is 65.5 cm³/mol. The van der Waals surface area contributed by atoms with Gasteiger partial charge >= 0.3 is 5.97 Å². The standard InChI is InChI=1S/C13H7F3N2O3/c14-7-3-8(15)11(9(16)4-7)18-12(19)10-2-1-6(5-17-10)13(20)21/h1-5H,(H,18,19)(H,20,21). The van der Waals surface area contributed by atoms with E-state index in [9.17, 15) is 22.8 Å². The molecule has 0 radical (unpaired) electrons. The molecule has 0 bridgehead atoms. The third kappa shape index (κ3) is 3.16. The fourth-order valence-electron chi connectivity index (χ4n) is 1.49. The topological polar surface area (TPSA) is 79.3 Å². The minimum atomic E-state index is -1.27. The second-order valence-electron chi connectivity index (χ2n) is 3.94. The van der Waals surface area contributed by atoms with Gasteiger partial charge in [-0.2, -0.15) is 0 Å². The van der Waals surface area contributed by atoms with Gasteiger partial charge in [0.25, 0.3) is 5.91 Å². The minimum Gasteiger partial charge on any atom is -0.478 e. The maximum absolute atomic E-state index is 13.4. The Labute approximate surface area is 116 Å². The maximum atomic E-state index is 13.4. The molecule has 108 valence electrons. The number of carbonyl (C=O) groups is 2.